The summed E-state index contributed by atoms with van der Waals surface area (Å²) in [6.07, 6.45) is 1.11. The van der Waals surface area contributed by atoms with Crippen LogP contribution in [0.2, 0.25) is 0 Å². The van der Waals surface area contributed by atoms with E-state index >= 15 is 0 Å². The van der Waals surface area contributed by atoms with E-state index in [1.54, 1.807) is 0 Å². The third-order valence-electron chi connectivity index (χ3n) is 2.95. The van der Waals surface area contributed by atoms with Crippen molar-refractivity contribution < 1.29 is 14.8 Å². The number of carbonyl (C=O) groups is 1. The number of nitro benzene ring substituents is 1. The lowest BCUT2D eigenvalue weighted by atomic mass is 10.2. The number of hydrazone groups is 1. The van der Waals surface area contributed by atoms with Crippen molar-refractivity contribution in [3.8, 4) is 5.75 Å². The molecule has 0 unspecified atom stereocenters. The minimum atomic E-state index is -0.748. The zero-order valence-corrected chi connectivity index (χ0v) is 13.1. The molecule has 136 valence electrons. The van der Waals surface area contributed by atoms with Crippen LogP contribution in [-0.2, 0) is 4.79 Å². The van der Waals surface area contributed by atoms with E-state index in [9.17, 15) is 29.6 Å². The van der Waals surface area contributed by atoms with Crippen molar-refractivity contribution in [3.05, 3.63) is 54.7 Å². The zero-order chi connectivity index (χ0) is 19.1. The lowest BCUT2D eigenvalue weighted by molar-refractivity contribution is -0.385. The highest BCUT2D eigenvalue weighted by Crippen LogP contribution is 2.25. The van der Waals surface area contributed by atoms with Crippen LogP contribution in [0.15, 0.2) is 32.9 Å². The average molecular weight is 363 g/mol. The first-order valence-corrected chi connectivity index (χ1v) is 7.09. The first kappa shape index (κ1) is 18.3. The van der Waals surface area contributed by atoms with Gasteiger partial charge in [-0.25, -0.2) is 15.3 Å². The Bertz CT molecular complexity index is 964. The summed E-state index contributed by atoms with van der Waals surface area (Å²) in [5, 5.41) is 31.8. The van der Waals surface area contributed by atoms with Gasteiger partial charge in [-0.2, -0.15) is 5.10 Å². The van der Waals surface area contributed by atoms with E-state index in [4.69, 9.17) is 0 Å². The average Bonchev–Trinajstić information content (AvgIpc) is 2.58. The van der Waals surface area contributed by atoms with E-state index in [-0.39, 0.29) is 18.8 Å². The largest absolute Gasteiger partial charge is 0.502 e. The van der Waals surface area contributed by atoms with Gasteiger partial charge in [0.25, 0.3) is 5.56 Å². The number of hydrogen-bond donors (Lipinski definition) is 5. The number of aromatic hydroxyl groups is 1. The molecule has 0 bridgehead atoms. The Kier molecular flexibility index (Phi) is 5.76. The number of anilines is 1. The molecule has 0 aliphatic rings. The molecule has 2 rings (SSSR count). The minimum absolute atomic E-state index is 0.0498. The van der Waals surface area contributed by atoms with Crippen LogP contribution in [0.4, 0.5) is 11.5 Å². The molecule has 0 aliphatic heterocycles. The summed E-state index contributed by atoms with van der Waals surface area (Å²) in [4.78, 5) is 45.7. The van der Waals surface area contributed by atoms with Gasteiger partial charge in [-0.05, 0) is 12.1 Å². The molecular formula is C13H13N7O6. The molecule has 0 spiro atoms. The molecule has 0 saturated heterocycles. The lowest BCUT2D eigenvalue weighted by Crippen LogP contribution is -2.28. The number of nitro groups is 1. The first-order chi connectivity index (χ1) is 12.4. The van der Waals surface area contributed by atoms with Crippen molar-refractivity contribution in [1.82, 2.24) is 20.6 Å². The Hall–Kier alpha value is -4.03. The second-order valence-electron chi connectivity index (χ2n) is 4.83. The van der Waals surface area contributed by atoms with Crippen LogP contribution >= 0.6 is 0 Å². The summed E-state index contributed by atoms with van der Waals surface area (Å²) in [7, 11) is 0. The van der Waals surface area contributed by atoms with Gasteiger partial charge in [0, 0.05) is 24.6 Å². The van der Waals surface area contributed by atoms with Crippen molar-refractivity contribution in [2.75, 3.05) is 11.9 Å². The number of rotatable bonds is 7. The van der Waals surface area contributed by atoms with E-state index < -0.39 is 33.5 Å². The van der Waals surface area contributed by atoms with E-state index in [2.05, 4.69) is 20.9 Å². The molecular weight excluding hydrogens is 350 g/mol. The van der Waals surface area contributed by atoms with Crippen molar-refractivity contribution >= 4 is 23.6 Å². The van der Waals surface area contributed by atoms with Gasteiger partial charge in [-0.3, -0.25) is 24.7 Å². The van der Waals surface area contributed by atoms with E-state index in [0.29, 0.717) is 5.56 Å². The first-order valence-electron chi connectivity index (χ1n) is 7.09. The van der Waals surface area contributed by atoms with Gasteiger partial charge < -0.3 is 10.4 Å². The van der Waals surface area contributed by atoms with Crippen LogP contribution in [0.1, 0.15) is 12.0 Å². The Balaban J connectivity index is 1.84. The molecule has 13 nitrogen and oxygen atoms in total. The molecule has 0 aliphatic carbocycles. The summed E-state index contributed by atoms with van der Waals surface area (Å²) in [6, 6.07) is 3.62. The highest BCUT2D eigenvalue weighted by molar-refractivity contribution is 5.83. The maximum atomic E-state index is 11.6. The second kappa shape index (κ2) is 8.18. The summed E-state index contributed by atoms with van der Waals surface area (Å²) < 4.78 is 0. The summed E-state index contributed by atoms with van der Waals surface area (Å²) in [6.45, 7) is 0.0498. The topological polar surface area (TPSA) is 195 Å². The molecule has 1 aromatic carbocycles. The highest BCUT2D eigenvalue weighted by Gasteiger charge is 2.12. The lowest BCUT2D eigenvalue weighted by Gasteiger charge is -2.03. The smallest absolute Gasteiger partial charge is 0.342 e. The van der Waals surface area contributed by atoms with Crippen molar-refractivity contribution in [2.24, 2.45) is 5.10 Å². The predicted molar refractivity (Wildman–Crippen MR) is 89.1 cm³/mol. The van der Waals surface area contributed by atoms with Crippen LogP contribution < -0.4 is 22.0 Å². The number of nitrogens with one attached hydrogen (secondary N) is 4. The van der Waals surface area contributed by atoms with Crippen LogP contribution in [-0.4, -0.2) is 43.9 Å². The fourth-order valence-corrected chi connectivity index (χ4v) is 1.76. The van der Waals surface area contributed by atoms with Crippen molar-refractivity contribution in [2.45, 2.75) is 6.42 Å². The predicted octanol–water partition coefficient (Wildman–Crippen LogP) is -0.976. The minimum Gasteiger partial charge on any atom is -0.502 e. The fraction of sp³-hybridized carbons (Fsp3) is 0.154. The number of phenols is 1. The van der Waals surface area contributed by atoms with Gasteiger partial charge in [0.1, 0.15) is 0 Å². The number of amides is 1. The number of phenolic OH excluding ortho intramolecular Hbond substituents is 1. The molecule has 13 heteroatoms. The van der Waals surface area contributed by atoms with Gasteiger partial charge in [-0.15, -0.1) is 5.10 Å². The summed E-state index contributed by atoms with van der Waals surface area (Å²) in [5.41, 5.74) is 0.549. The number of benzene rings is 1. The second-order valence-corrected chi connectivity index (χ2v) is 4.83. The standard InChI is InChI=1S/C13H13N7O6/c21-9-2-1-7(5-8(9)20(25)26)6-15-17-10(22)3-4-14-11-12(23)16-13(24)19-18-11/h1-2,5-6,21H,3-4H2,(H,14,18)(H,17,22)(H2,16,19,23,24)/b15-6+. The molecule has 0 saturated carbocycles. The third kappa shape index (κ3) is 4.98. The molecule has 26 heavy (non-hydrogen) atoms. The maximum absolute atomic E-state index is 11.6. The van der Waals surface area contributed by atoms with Crippen molar-refractivity contribution in [1.29, 1.82) is 0 Å². The molecule has 0 atom stereocenters. The quantitative estimate of drug-likeness (QED) is 0.235. The number of hydrogen-bond acceptors (Lipinski definition) is 9. The Morgan fingerprint density at radius 3 is 2.88 bits per heavy atom. The van der Waals surface area contributed by atoms with Gasteiger partial charge in [0.15, 0.2) is 5.75 Å². The number of aromatic amines is 2. The fourth-order valence-electron chi connectivity index (χ4n) is 1.76. The van der Waals surface area contributed by atoms with E-state index in [0.717, 1.165) is 12.1 Å². The SMILES string of the molecule is O=C(CCNc1n[nH]c(=O)[nH]c1=O)N/N=C/c1ccc(O)c([N+](=O)[O-])c1. The number of carbonyl (C=O) groups excluding carboxylic acids is 1. The molecule has 1 heterocycles. The van der Waals surface area contributed by atoms with Gasteiger partial charge >= 0.3 is 11.4 Å². The highest BCUT2D eigenvalue weighted by atomic mass is 16.6. The van der Waals surface area contributed by atoms with Gasteiger partial charge in [-0.1, -0.05) is 0 Å². The zero-order valence-electron chi connectivity index (χ0n) is 13.1. The van der Waals surface area contributed by atoms with Gasteiger partial charge in [0.2, 0.25) is 11.7 Å². The van der Waals surface area contributed by atoms with Crippen LogP contribution in [0.3, 0.4) is 0 Å². The Morgan fingerprint density at radius 1 is 1.42 bits per heavy atom. The van der Waals surface area contributed by atoms with Crippen molar-refractivity contribution in [3.63, 3.8) is 0 Å². The van der Waals surface area contributed by atoms with E-state index in [1.165, 1.54) is 12.3 Å². The molecule has 1 aromatic heterocycles. The van der Waals surface area contributed by atoms with E-state index in [1.807, 2.05) is 10.1 Å². The molecule has 0 radical (unpaired) electrons. The monoisotopic (exact) mass is 363 g/mol. The maximum Gasteiger partial charge on any atom is 0.342 e. The van der Waals surface area contributed by atoms with Crippen LogP contribution in [0.25, 0.3) is 0 Å². The van der Waals surface area contributed by atoms with Gasteiger partial charge in [0.05, 0.1) is 11.1 Å². The number of nitrogens with zero attached hydrogens (tertiary/aromatic N) is 3. The van der Waals surface area contributed by atoms with Crippen LogP contribution in [0.5, 0.6) is 5.75 Å². The molecule has 2 aromatic rings. The number of H-pyrrole nitrogens is 2. The molecule has 5 N–H and O–H groups in total. The number of aromatic nitrogens is 3. The third-order valence-corrected chi connectivity index (χ3v) is 2.95. The summed E-state index contributed by atoms with van der Waals surface area (Å²) >= 11 is 0. The summed E-state index contributed by atoms with van der Waals surface area (Å²) in [5.74, 6) is -1.12. The normalized spacial score (nSPS) is 10.6. The molecule has 1 amide bonds. The molecule has 0 fully saturated rings. The Labute approximate surface area is 143 Å². The van der Waals surface area contributed by atoms with Crippen LogP contribution in [0, 0.1) is 10.1 Å². The Morgan fingerprint density at radius 2 is 2.19 bits per heavy atom.